The Morgan fingerprint density at radius 1 is 1.00 bits per heavy atom. The van der Waals surface area contributed by atoms with Crippen LogP contribution in [0.1, 0.15) is 38.2 Å². The van der Waals surface area contributed by atoms with E-state index in [1.54, 1.807) is 36.4 Å². The first-order valence-corrected chi connectivity index (χ1v) is 9.12. The molecule has 1 N–H and O–H groups in total. The van der Waals surface area contributed by atoms with Crippen LogP contribution in [0.25, 0.3) is 6.08 Å². The normalized spacial score (nSPS) is 11.1. The summed E-state index contributed by atoms with van der Waals surface area (Å²) in [4.78, 5) is 11.5. The number of methoxy groups -OCH3 is 1. The largest absolute Gasteiger partial charge is 0.494 e. The number of hydrogen-bond acceptors (Lipinski definition) is 4. The van der Waals surface area contributed by atoms with Crippen molar-refractivity contribution in [3.05, 3.63) is 59.9 Å². The van der Waals surface area contributed by atoms with Crippen molar-refractivity contribution >= 4 is 12.0 Å². The summed E-state index contributed by atoms with van der Waals surface area (Å²) in [6, 6.07) is 14.2. The molecule has 0 bridgehead atoms. The highest BCUT2D eigenvalue weighted by Crippen LogP contribution is 2.28. The third-order valence-electron chi connectivity index (χ3n) is 3.94. The molecule has 0 aliphatic carbocycles. The summed E-state index contributed by atoms with van der Waals surface area (Å²) in [6.07, 6.45) is 6.09. The minimum Gasteiger partial charge on any atom is -0.494 e. The molecule has 0 saturated carbocycles. The lowest BCUT2D eigenvalue weighted by atomic mass is 10.2. The number of aliphatic carboxylic acids is 1. The van der Waals surface area contributed by atoms with Crippen molar-refractivity contribution in [3.63, 3.8) is 0 Å². The molecule has 0 radical (unpaired) electrons. The summed E-state index contributed by atoms with van der Waals surface area (Å²) in [6.45, 7) is 2.86. The van der Waals surface area contributed by atoms with Crippen LogP contribution in [0.4, 0.5) is 0 Å². The van der Waals surface area contributed by atoms with Crippen molar-refractivity contribution in [2.24, 2.45) is 0 Å². The Morgan fingerprint density at radius 3 is 2.33 bits per heavy atom. The Labute approximate surface area is 160 Å². The van der Waals surface area contributed by atoms with Gasteiger partial charge in [-0.05, 0) is 42.3 Å². The molecule has 2 rings (SSSR count). The smallest absolute Gasteiger partial charge is 0.371 e. The van der Waals surface area contributed by atoms with E-state index in [-0.39, 0.29) is 5.76 Å². The number of hydrogen-bond donors (Lipinski definition) is 1. The van der Waals surface area contributed by atoms with Crippen molar-refractivity contribution in [1.29, 1.82) is 0 Å². The molecular formula is C22H26O5. The number of benzene rings is 2. The summed E-state index contributed by atoms with van der Waals surface area (Å²) in [5, 5.41) is 9.44. The van der Waals surface area contributed by atoms with Gasteiger partial charge in [0, 0.05) is 0 Å². The average Bonchev–Trinajstić information content (AvgIpc) is 2.68. The summed E-state index contributed by atoms with van der Waals surface area (Å²) < 4.78 is 16.4. The number of para-hydroxylation sites is 2. The molecule has 0 amide bonds. The van der Waals surface area contributed by atoms with Gasteiger partial charge in [-0.15, -0.1) is 0 Å². The summed E-state index contributed by atoms with van der Waals surface area (Å²) in [7, 11) is 1.51. The van der Waals surface area contributed by atoms with Crippen LogP contribution in [-0.4, -0.2) is 24.8 Å². The molecule has 0 saturated heterocycles. The highest BCUT2D eigenvalue weighted by molar-refractivity contribution is 5.90. The monoisotopic (exact) mass is 370 g/mol. The van der Waals surface area contributed by atoms with Crippen LogP contribution in [0, 0.1) is 0 Å². The zero-order valence-corrected chi connectivity index (χ0v) is 15.8. The molecule has 5 nitrogen and oxygen atoms in total. The molecule has 5 heteroatoms. The molecule has 0 fully saturated rings. The Morgan fingerprint density at radius 2 is 1.70 bits per heavy atom. The minimum absolute atomic E-state index is 0.187. The molecule has 0 spiro atoms. The van der Waals surface area contributed by atoms with Gasteiger partial charge >= 0.3 is 5.97 Å². The van der Waals surface area contributed by atoms with E-state index in [9.17, 15) is 9.90 Å². The number of carbonyl (C=O) groups is 1. The second-order valence-corrected chi connectivity index (χ2v) is 6.04. The van der Waals surface area contributed by atoms with E-state index in [0.29, 0.717) is 23.7 Å². The first kappa shape index (κ1) is 20.4. The van der Waals surface area contributed by atoms with Crippen LogP contribution in [0.2, 0.25) is 0 Å². The van der Waals surface area contributed by atoms with Gasteiger partial charge in [-0.2, -0.15) is 0 Å². The maximum atomic E-state index is 11.5. The second kappa shape index (κ2) is 10.9. The predicted octanol–water partition coefficient (Wildman–Crippen LogP) is 5.16. The topological polar surface area (TPSA) is 65.0 Å². The highest BCUT2D eigenvalue weighted by atomic mass is 16.5. The average molecular weight is 370 g/mol. The van der Waals surface area contributed by atoms with Crippen LogP contribution >= 0.6 is 0 Å². The number of rotatable bonds is 11. The van der Waals surface area contributed by atoms with Gasteiger partial charge in [-0.1, -0.05) is 50.5 Å². The third-order valence-corrected chi connectivity index (χ3v) is 3.94. The van der Waals surface area contributed by atoms with Crippen LogP contribution < -0.4 is 14.2 Å². The maximum Gasteiger partial charge on any atom is 0.371 e. The first-order chi connectivity index (χ1) is 13.1. The minimum atomic E-state index is -1.16. The Bertz CT molecular complexity index is 750. The standard InChI is InChI=1S/C22H26O5/c1-3-4-5-8-15-26-18-13-11-17(12-14-18)16-21(22(23)24)27-20-10-7-6-9-19(20)25-2/h6-7,9-14,16H,3-5,8,15H2,1-2H3,(H,23,24). The van der Waals surface area contributed by atoms with E-state index in [1.165, 1.54) is 32.4 Å². The van der Waals surface area contributed by atoms with Gasteiger partial charge in [0.25, 0.3) is 0 Å². The zero-order chi connectivity index (χ0) is 19.5. The predicted molar refractivity (Wildman–Crippen MR) is 105 cm³/mol. The highest BCUT2D eigenvalue weighted by Gasteiger charge is 2.13. The molecule has 0 aliphatic rings. The van der Waals surface area contributed by atoms with Crippen LogP contribution in [0.15, 0.2) is 54.3 Å². The second-order valence-electron chi connectivity index (χ2n) is 6.04. The van der Waals surface area contributed by atoms with Gasteiger partial charge in [0.15, 0.2) is 11.5 Å². The summed E-state index contributed by atoms with van der Waals surface area (Å²) in [5.41, 5.74) is 0.709. The van der Waals surface area contributed by atoms with Crippen LogP contribution in [0.3, 0.4) is 0 Å². The number of ether oxygens (including phenoxy) is 3. The molecule has 144 valence electrons. The Kier molecular flexibility index (Phi) is 8.23. The lowest BCUT2D eigenvalue weighted by molar-refractivity contribution is -0.134. The lowest BCUT2D eigenvalue weighted by Crippen LogP contribution is -2.08. The lowest BCUT2D eigenvalue weighted by Gasteiger charge is -2.10. The van der Waals surface area contributed by atoms with E-state index < -0.39 is 5.97 Å². The Balaban J connectivity index is 2.03. The molecule has 0 heterocycles. The van der Waals surface area contributed by atoms with Crippen molar-refractivity contribution in [3.8, 4) is 17.2 Å². The van der Waals surface area contributed by atoms with E-state index in [0.717, 1.165) is 12.2 Å². The summed E-state index contributed by atoms with van der Waals surface area (Å²) >= 11 is 0. The quantitative estimate of drug-likeness (QED) is 0.336. The molecule has 0 atom stereocenters. The van der Waals surface area contributed by atoms with E-state index in [4.69, 9.17) is 14.2 Å². The van der Waals surface area contributed by atoms with E-state index >= 15 is 0 Å². The molecule has 0 aliphatic heterocycles. The third kappa shape index (κ3) is 6.70. The van der Waals surface area contributed by atoms with E-state index in [1.807, 2.05) is 12.1 Å². The van der Waals surface area contributed by atoms with Crippen molar-refractivity contribution in [2.75, 3.05) is 13.7 Å². The molecule has 2 aromatic rings. The van der Waals surface area contributed by atoms with Gasteiger partial charge in [-0.25, -0.2) is 4.79 Å². The zero-order valence-electron chi connectivity index (χ0n) is 15.8. The number of unbranched alkanes of at least 4 members (excludes halogenated alkanes) is 3. The van der Waals surface area contributed by atoms with Gasteiger partial charge in [0.1, 0.15) is 5.75 Å². The number of carboxylic acids is 1. The van der Waals surface area contributed by atoms with Crippen molar-refractivity contribution in [2.45, 2.75) is 32.6 Å². The first-order valence-electron chi connectivity index (χ1n) is 9.12. The number of carboxylic acid groups (broad SMARTS) is 1. The van der Waals surface area contributed by atoms with Gasteiger partial charge < -0.3 is 19.3 Å². The molecular weight excluding hydrogens is 344 g/mol. The SMILES string of the molecule is CCCCCCOc1ccc(C=C(Oc2ccccc2OC)C(=O)O)cc1. The fourth-order valence-corrected chi connectivity index (χ4v) is 2.49. The summed E-state index contributed by atoms with van der Waals surface area (Å²) in [5.74, 6) is 0.244. The van der Waals surface area contributed by atoms with Crippen molar-refractivity contribution < 1.29 is 24.1 Å². The van der Waals surface area contributed by atoms with Gasteiger partial charge in [0.05, 0.1) is 13.7 Å². The van der Waals surface area contributed by atoms with Crippen LogP contribution in [0.5, 0.6) is 17.2 Å². The van der Waals surface area contributed by atoms with Gasteiger partial charge in [-0.3, -0.25) is 0 Å². The van der Waals surface area contributed by atoms with Crippen molar-refractivity contribution in [1.82, 2.24) is 0 Å². The van der Waals surface area contributed by atoms with Gasteiger partial charge in [0.2, 0.25) is 5.76 Å². The fourth-order valence-electron chi connectivity index (χ4n) is 2.49. The molecule has 27 heavy (non-hydrogen) atoms. The molecule has 0 aromatic heterocycles. The molecule has 2 aromatic carbocycles. The Hall–Kier alpha value is -2.95. The van der Waals surface area contributed by atoms with Crippen LogP contribution in [-0.2, 0) is 4.79 Å². The van der Waals surface area contributed by atoms with E-state index in [2.05, 4.69) is 6.92 Å². The maximum absolute atomic E-state index is 11.5. The molecule has 0 unspecified atom stereocenters. The fraction of sp³-hybridized carbons (Fsp3) is 0.318.